The van der Waals surface area contributed by atoms with Crippen LogP contribution in [0.1, 0.15) is 59.3 Å². The molecule has 2 unspecified atom stereocenters. The monoisotopic (exact) mass is 252 g/mol. The van der Waals surface area contributed by atoms with Gasteiger partial charge in [0.15, 0.2) is 0 Å². The second-order valence-electron chi connectivity index (χ2n) is 7.04. The van der Waals surface area contributed by atoms with Crippen molar-refractivity contribution in [3.05, 3.63) is 0 Å². The van der Waals surface area contributed by atoms with E-state index in [2.05, 4.69) is 31.0 Å². The number of hydrogen-bond donors (Lipinski definition) is 1. The fourth-order valence-electron chi connectivity index (χ4n) is 4.11. The van der Waals surface area contributed by atoms with Crippen LogP contribution in [0.25, 0.3) is 0 Å². The Balaban J connectivity index is 1.95. The van der Waals surface area contributed by atoms with Gasteiger partial charge in [-0.15, -0.1) is 0 Å². The van der Waals surface area contributed by atoms with Crippen molar-refractivity contribution in [1.29, 1.82) is 0 Å². The fraction of sp³-hybridized carbons (Fsp3) is 1.00. The van der Waals surface area contributed by atoms with E-state index in [4.69, 9.17) is 0 Å². The molecule has 1 aliphatic carbocycles. The first-order chi connectivity index (χ1) is 8.63. The standard InChI is InChI=1S/C16H32N2/c1-4-17-15-14(9-8-10-16(15,2)3)13-18-11-6-5-7-12-18/h14-15,17H,4-13H2,1-3H3. The van der Waals surface area contributed by atoms with Crippen LogP contribution in [0, 0.1) is 11.3 Å². The Morgan fingerprint density at radius 1 is 1.11 bits per heavy atom. The van der Waals surface area contributed by atoms with Crippen molar-refractivity contribution in [2.24, 2.45) is 11.3 Å². The van der Waals surface area contributed by atoms with Crippen LogP contribution < -0.4 is 5.32 Å². The molecule has 2 fully saturated rings. The highest BCUT2D eigenvalue weighted by atomic mass is 15.1. The van der Waals surface area contributed by atoms with Gasteiger partial charge in [-0.25, -0.2) is 0 Å². The van der Waals surface area contributed by atoms with Crippen LogP contribution in [0.5, 0.6) is 0 Å². The second kappa shape index (κ2) is 6.38. The van der Waals surface area contributed by atoms with Crippen LogP contribution in [0.3, 0.4) is 0 Å². The van der Waals surface area contributed by atoms with E-state index in [1.165, 1.54) is 58.2 Å². The van der Waals surface area contributed by atoms with Gasteiger partial charge < -0.3 is 10.2 Å². The molecular formula is C16H32N2. The van der Waals surface area contributed by atoms with E-state index in [1.54, 1.807) is 0 Å². The van der Waals surface area contributed by atoms with Crippen LogP contribution in [0.15, 0.2) is 0 Å². The highest BCUT2D eigenvalue weighted by Gasteiger charge is 2.38. The Hall–Kier alpha value is -0.0800. The largest absolute Gasteiger partial charge is 0.313 e. The van der Waals surface area contributed by atoms with Gasteiger partial charge in [-0.05, 0) is 56.7 Å². The quantitative estimate of drug-likeness (QED) is 0.826. The minimum Gasteiger partial charge on any atom is -0.313 e. The Bertz CT molecular complexity index is 243. The Morgan fingerprint density at radius 2 is 1.83 bits per heavy atom. The zero-order valence-corrected chi connectivity index (χ0v) is 12.7. The second-order valence-corrected chi connectivity index (χ2v) is 7.04. The molecule has 0 radical (unpaired) electrons. The minimum atomic E-state index is 0.481. The fourth-order valence-corrected chi connectivity index (χ4v) is 4.11. The van der Waals surface area contributed by atoms with Gasteiger partial charge in [-0.2, -0.15) is 0 Å². The van der Waals surface area contributed by atoms with Gasteiger partial charge in [-0.3, -0.25) is 0 Å². The predicted molar refractivity (Wildman–Crippen MR) is 78.9 cm³/mol. The molecule has 0 aromatic rings. The number of piperidine rings is 1. The van der Waals surface area contributed by atoms with E-state index in [0.717, 1.165) is 18.5 Å². The van der Waals surface area contributed by atoms with Gasteiger partial charge in [0.05, 0.1) is 0 Å². The van der Waals surface area contributed by atoms with Gasteiger partial charge in [0.1, 0.15) is 0 Å². The lowest BCUT2D eigenvalue weighted by atomic mass is 9.67. The Kier molecular flexibility index (Phi) is 5.08. The van der Waals surface area contributed by atoms with E-state index < -0.39 is 0 Å². The van der Waals surface area contributed by atoms with Crippen molar-refractivity contribution in [2.45, 2.75) is 65.3 Å². The lowest BCUT2D eigenvalue weighted by Gasteiger charge is -2.46. The molecule has 0 aromatic carbocycles. The summed E-state index contributed by atoms with van der Waals surface area (Å²) >= 11 is 0. The van der Waals surface area contributed by atoms with Crippen LogP contribution >= 0.6 is 0 Å². The number of hydrogen-bond acceptors (Lipinski definition) is 2. The van der Waals surface area contributed by atoms with Crippen molar-refractivity contribution < 1.29 is 0 Å². The lowest BCUT2D eigenvalue weighted by Crippen LogP contribution is -2.53. The van der Waals surface area contributed by atoms with Crippen LogP contribution in [0.4, 0.5) is 0 Å². The average Bonchev–Trinajstić information content (AvgIpc) is 2.35. The summed E-state index contributed by atoms with van der Waals surface area (Å²) in [5.74, 6) is 0.867. The lowest BCUT2D eigenvalue weighted by molar-refractivity contribution is 0.0738. The van der Waals surface area contributed by atoms with Crippen LogP contribution in [-0.4, -0.2) is 37.1 Å². The normalized spacial score (nSPS) is 33.5. The average molecular weight is 252 g/mol. The molecule has 2 atom stereocenters. The van der Waals surface area contributed by atoms with Gasteiger partial charge in [0, 0.05) is 12.6 Å². The summed E-state index contributed by atoms with van der Waals surface area (Å²) in [5, 5.41) is 3.79. The number of nitrogens with zero attached hydrogens (tertiary/aromatic N) is 1. The van der Waals surface area contributed by atoms with Gasteiger partial charge in [0.2, 0.25) is 0 Å². The molecule has 2 aliphatic rings. The predicted octanol–water partition coefficient (Wildman–Crippen LogP) is 3.28. The summed E-state index contributed by atoms with van der Waals surface area (Å²) in [6, 6.07) is 0.721. The van der Waals surface area contributed by atoms with Gasteiger partial charge in [-0.1, -0.05) is 33.6 Å². The van der Waals surface area contributed by atoms with E-state index in [-0.39, 0.29) is 0 Å². The maximum atomic E-state index is 3.79. The maximum Gasteiger partial charge on any atom is 0.0159 e. The topological polar surface area (TPSA) is 15.3 Å². The summed E-state index contributed by atoms with van der Waals surface area (Å²) in [6.45, 7) is 12.3. The van der Waals surface area contributed by atoms with Crippen LogP contribution in [-0.2, 0) is 0 Å². The summed E-state index contributed by atoms with van der Waals surface area (Å²) in [4.78, 5) is 2.72. The molecule has 1 saturated carbocycles. The van der Waals surface area contributed by atoms with Crippen molar-refractivity contribution in [1.82, 2.24) is 10.2 Å². The van der Waals surface area contributed by atoms with Crippen molar-refractivity contribution in [3.63, 3.8) is 0 Å². The molecule has 1 saturated heterocycles. The summed E-state index contributed by atoms with van der Waals surface area (Å²) < 4.78 is 0. The summed E-state index contributed by atoms with van der Waals surface area (Å²) in [7, 11) is 0. The van der Waals surface area contributed by atoms with E-state index in [1.807, 2.05) is 0 Å². The molecule has 1 heterocycles. The maximum absolute atomic E-state index is 3.79. The number of rotatable bonds is 4. The third-order valence-corrected chi connectivity index (χ3v) is 5.07. The molecule has 1 N–H and O–H groups in total. The first kappa shape index (κ1) is 14.3. The van der Waals surface area contributed by atoms with Crippen molar-refractivity contribution >= 4 is 0 Å². The van der Waals surface area contributed by atoms with Crippen LogP contribution in [0.2, 0.25) is 0 Å². The summed E-state index contributed by atoms with van der Waals surface area (Å²) in [6.07, 6.45) is 8.53. The zero-order valence-electron chi connectivity index (χ0n) is 12.7. The third kappa shape index (κ3) is 3.48. The molecule has 2 rings (SSSR count). The molecule has 2 heteroatoms. The van der Waals surface area contributed by atoms with Crippen molar-refractivity contribution in [3.8, 4) is 0 Å². The smallest absolute Gasteiger partial charge is 0.0159 e. The third-order valence-electron chi connectivity index (χ3n) is 5.07. The number of likely N-dealkylation sites (tertiary alicyclic amines) is 1. The molecule has 1 aliphatic heterocycles. The molecule has 0 bridgehead atoms. The molecule has 2 nitrogen and oxygen atoms in total. The first-order valence-electron chi connectivity index (χ1n) is 8.09. The molecule has 0 amide bonds. The molecule has 0 spiro atoms. The summed E-state index contributed by atoms with van der Waals surface area (Å²) in [5.41, 5.74) is 0.481. The molecule has 18 heavy (non-hydrogen) atoms. The Labute approximate surface area is 114 Å². The highest BCUT2D eigenvalue weighted by Crippen LogP contribution is 2.39. The molecule has 106 valence electrons. The zero-order chi connectivity index (χ0) is 13.0. The van der Waals surface area contributed by atoms with E-state index >= 15 is 0 Å². The van der Waals surface area contributed by atoms with E-state index in [9.17, 15) is 0 Å². The van der Waals surface area contributed by atoms with Gasteiger partial charge >= 0.3 is 0 Å². The van der Waals surface area contributed by atoms with Crippen molar-refractivity contribution in [2.75, 3.05) is 26.2 Å². The first-order valence-corrected chi connectivity index (χ1v) is 8.09. The number of nitrogens with one attached hydrogen (secondary N) is 1. The van der Waals surface area contributed by atoms with E-state index in [0.29, 0.717) is 5.41 Å². The SMILES string of the molecule is CCNC1C(CN2CCCCC2)CCCC1(C)C. The highest BCUT2D eigenvalue weighted by molar-refractivity contribution is 4.94. The molecular weight excluding hydrogens is 220 g/mol. The van der Waals surface area contributed by atoms with Gasteiger partial charge in [0.25, 0.3) is 0 Å². The Morgan fingerprint density at radius 3 is 2.50 bits per heavy atom. The molecule has 0 aromatic heterocycles. The minimum absolute atomic E-state index is 0.481.